The minimum Gasteiger partial charge on any atom is -0.448 e. The van der Waals surface area contributed by atoms with Gasteiger partial charge < -0.3 is 15.2 Å². The van der Waals surface area contributed by atoms with Gasteiger partial charge in [-0.25, -0.2) is 9.52 Å². The molecule has 1 atom stereocenters. The molecule has 24 heavy (non-hydrogen) atoms. The Hall–Kier alpha value is -1.53. The first-order valence-electron chi connectivity index (χ1n) is 6.90. The van der Waals surface area contributed by atoms with Gasteiger partial charge in [-0.2, -0.15) is 13.2 Å². The van der Waals surface area contributed by atoms with Crippen molar-refractivity contribution in [1.29, 1.82) is 0 Å². The molecule has 0 spiro atoms. The van der Waals surface area contributed by atoms with Crippen molar-refractivity contribution in [3.05, 3.63) is 29.3 Å². The normalized spacial score (nSPS) is 20.8. The Balaban J connectivity index is 2.09. The van der Waals surface area contributed by atoms with Gasteiger partial charge in [0.05, 0.1) is 23.1 Å². The lowest BCUT2D eigenvalue weighted by Crippen LogP contribution is -2.43. The van der Waals surface area contributed by atoms with Crippen molar-refractivity contribution < 1.29 is 36.9 Å². The number of hydrogen-bond acceptors (Lipinski definition) is 6. The average molecular weight is 370 g/mol. The number of carbonyl (C=O) groups is 1. The lowest BCUT2D eigenvalue weighted by molar-refractivity contribution is -0.137. The molecule has 0 radical (unpaired) electrons. The number of hydrogen-bond donors (Lipinski definition) is 5. The number of rotatable bonds is 4. The van der Waals surface area contributed by atoms with Gasteiger partial charge in [0.1, 0.15) is 6.61 Å². The van der Waals surface area contributed by atoms with Crippen LogP contribution in [0.25, 0.3) is 0 Å². The topological polar surface area (TPSA) is 111 Å². The summed E-state index contributed by atoms with van der Waals surface area (Å²) in [6.45, 7) is -0.463. The maximum absolute atomic E-state index is 12.7. The molecule has 1 aromatic carbocycles. The predicted molar refractivity (Wildman–Crippen MR) is 79.6 cm³/mol. The fourth-order valence-electron chi connectivity index (χ4n) is 2.25. The van der Waals surface area contributed by atoms with E-state index in [1.165, 1.54) is 6.07 Å². The first-order chi connectivity index (χ1) is 11.1. The van der Waals surface area contributed by atoms with Crippen LogP contribution in [0.2, 0.25) is 0 Å². The van der Waals surface area contributed by atoms with Crippen LogP contribution in [0.3, 0.4) is 0 Å². The van der Waals surface area contributed by atoms with Gasteiger partial charge in [0.15, 0.2) is 0 Å². The monoisotopic (exact) mass is 370 g/mol. The lowest BCUT2D eigenvalue weighted by atomic mass is 10.0. The van der Waals surface area contributed by atoms with E-state index in [2.05, 4.69) is 10.0 Å². The zero-order valence-electron chi connectivity index (χ0n) is 12.3. The van der Waals surface area contributed by atoms with E-state index in [-0.39, 0.29) is 31.1 Å². The summed E-state index contributed by atoms with van der Waals surface area (Å²) < 4.78 is 65.6. The second-order valence-corrected chi connectivity index (χ2v) is 6.91. The Morgan fingerprint density at radius 1 is 1.42 bits per heavy atom. The molecule has 1 unspecified atom stereocenters. The number of ether oxygens (including phenoxy) is 1. The van der Waals surface area contributed by atoms with E-state index in [4.69, 9.17) is 9.84 Å². The van der Waals surface area contributed by atoms with E-state index in [1.54, 1.807) is 0 Å². The number of nitrogens with one attached hydrogen (secondary N) is 2. The number of halogens is 3. The quantitative estimate of drug-likeness (QED) is 0.554. The molecule has 1 aliphatic rings. The number of aliphatic hydroxyl groups excluding tert-OH is 1. The summed E-state index contributed by atoms with van der Waals surface area (Å²) in [6.07, 6.45) is -5.22. The molecule has 0 bridgehead atoms. The number of alkyl halides is 3. The molecule has 1 aliphatic heterocycles. The van der Waals surface area contributed by atoms with Crippen LogP contribution in [0.15, 0.2) is 23.1 Å². The zero-order chi connectivity index (χ0) is 18.0. The number of benzene rings is 1. The molecule has 0 fully saturated rings. The summed E-state index contributed by atoms with van der Waals surface area (Å²) in [4.78, 5) is 11.1. The zero-order valence-corrected chi connectivity index (χ0v) is 13.2. The predicted octanol–water partition coefficient (Wildman–Crippen LogP) is 1.96. The summed E-state index contributed by atoms with van der Waals surface area (Å²) in [5, 5.41) is 10.8. The van der Waals surface area contributed by atoms with Crippen molar-refractivity contribution in [2.45, 2.75) is 23.5 Å². The Morgan fingerprint density at radius 2 is 2.12 bits per heavy atom. The van der Waals surface area contributed by atoms with Gasteiger partial charge >= 0.3 is 12.3 Å². The van der Waals surface area contributed by atoms with Gasteiger partial charge in [0.25, 0.3) is 0 Å². The highest BCUT2D eigenvalue weighted by atomic mass is 32.3. The van der Waals surface area contributed by atoms with Crippen molar-refractivity contribution >= 4 is 16.9 Å². The Bertz CT molecular complexity index is 612. The van der Waals surface area contributed by atoms with Gasteiger partial charge in [-0.3, -0.25) is 9.11 Å². The number of fused-ring (bicyclic) bond motifs is 1. The van der Waals surface area contributed by atoms with E-state index >= 15 is 0 Å². The second-order valence-electron chi connectivity index (χ2n) is 5.14. The van der Waals surface area contributed by atoms with Gasteiger partial charge in [-0.05, 0) is 24.1 Å². The van der Waals surface area contributed by atoms with Crippen molar-refractivity contribution in [3.8, 4) is 0 Å². The van der Waals surface area contributed by atoms with Gasteiger partial charge in [-0.15, -0.1) is 10.8 Å². The number of alkyl carbamates (subject to hydrolysis) is 1. The fourth-order valence-corrected chi connectivity index (χ4v) is 3.80. The molecule has 136 valence electrons. The molecule has 11 heteroatoms. The Morgan fingerprint density at radius 3 is 2.75 bits per heavy atom. The van der Waals surface area contributed by atoms with E-state index in [1.807, 2.05) is 0 Å². The third-order valence-corrected chi connectivity index (χ3v) is 4.95. The molecular formula is C13H17F3N2O5S. The van der Waals surface area contributed by atoms with Gasteiger partial charge in [0.2, 0.25) is 0 Å². The first kappa shape index (κ1) is 18.8. The van der Waals surface area contributed by atoms with Crippen LogP contribution in [0.1, 0.15) is 11.1 Å². The third-order valence-electron chi connectivity index (χ3n) is 3.30. The summed E-state index contributed by atoms with van der Waals surface area (Å²) in [5.74, 6) is 0. The molecule has 0 saturated carbocycles. The average Bonchev–Trinajstić information content (AvgIpc) is 2.49. The standard InChI is InChI=1S/C13H17F3N2O5S/c14-13(15,16)9-2-1-8-5-10(7-23-12(20)17-3-4-19)18-24(21,22)11(8)6-9/h1-2,6,10,18-19,21-22H,3-5,7H2,(H,17,20). The summed E-state index contributed by atoms with van der Waals surface area (Å²) in [6, 6.07) is 2.10. The van der Waals surface area contributed by atoms with Crippen LogP contribution in [-0.2, 0) is 17.3 Å². The van der Waals surface area contributed by atoms with Crippen LogP contribution in [0.4, 0.5) is 18.0 Å². The van der Waals surface area contributed by atoms with Crippen molar-refractivity contribution in [1.82, 2.24) is 10.0 Å². The van der Waals surface area contributed by atoms with E-state index in [9.17, 15) is 27.1 Å². The number of aliphatic hydroxyl groups is 1. The highest BCUT2D eigenvalue weighted by Gasteiger charge is 2.36. The van der Waals surface area contributed by atoms with Crippen LogP contribution >= 0.6 is 10.8 Å². The molecule has 0 aliphatic carbocycles. The van der Waals surface area contributed by atoms with E-state index in [0.29, 0.717) is 11.6 Å². The number of carbonyl (C=O) groups excluding carboxylic acids is 1. The van der Waals surface area contributed by atoms with Crippen LogP contribution < -0.4 is 10.0 Å². The minimum absolute atomic E-state index is 0.00910. The Labute approximate surface area is 137 Å². The third kappa shape index (κ3) is 4.51. The van der Waals surface area contributed by atoms with Crippen molar-refractivity contribution in [2.75, 3.05) is 19.8 Å². The first-order valence-corrected chi connectivity index (χ1v) is 8.45. The fraction of sp³-hybridized carbons (Fsp3) is 0.462. The van der Waals surface area contributed by atoms with Crippen molar-refractivity contribution in [3.63, 3.8) is 0 Å². The van der Waals surface area contributed by atoms with Gasteiger partial charge in [0, 0.05) is 6.54 Å². The molecule has 1 heterocycles. The van der Waals surface area contributed by atoms with Crippen LogP contribution in [0.5, 0.6) is 0 Å². The molecule has 1 amide bonds. The van der Waals surface area contributed by atoms with E-state index in [0.717, 1.165) is 6.07 Å². The molecule has 2 rings (SSSR count). The minimum atomic E-state index is -4.59. The summed E-state index contributed by atoms with van der Waals surface area (Å²) >= 11 is 0. The summed E-state index contributed by atoms with van der Waals surface area (Å²) in [5.41, 5.74) is -0.632. The molecule has 0 saturated heterocycles. The molecule has 1 aromatic rings. The van der Waals surface area contributed by atoms with Crippen LogP contribution in [0, 0.1) is 0 Å². The van der Waals surface area contributed by atoms with Crippen molar-refractivity contribution in [2.24, 2.45) is 0 Å². The molecular weight excluding hydrogens is 353 g/mol. The molecule has 7 nitrogen and oxygen atoms in total. The lowest BCUT2D eigenvalue weighted by Gasteiger charge is -2.42. The SMILES string of the molecule is O=C(NCCO)OCC1Cc2ccc(C(F)(F)F)cc2S(O)(O)N1. The molecule has 5 N–H and O–H groups in total. The van der Waals surface area contributed by atoms with Crippen LogP contribution in [-0.4, -0.2) is 46.1 Å². The second kappa shape index (κ2) is 7.15. The smallest absolute Gasteiger partial charge is 0.416 e. The highest BCUT2D eigenvalue weighted by molar-refractivity contribution is 8.22. The van der Waals surface area contributed by atoms with E-state index < -0.39 is 34.7 Å². The number of amides is 1. The largest absolute Gasteiger partial charge is 0.448 e. The maximum Gasteiger partial charge on any atom is 0.416 e. The Kier molecular flexibility index (Phi) is 5.60. The molecule has 0 aromatic heterocycles. The van der Waals surface area contributed by atoms with Gasteiger partial charge in [-0.1, -0.05) is 6.07 Å². The maximum atomic E-state index is 12.7. The summed E-state index contributed by atoms with van der Waals surface area (Å²) in [7, 11) is -3.64. The highest BCUT2D eigenvalue weighted by Crippen LogP contribution is 2.51.